The number of benzene rings is 1. The van der Waals surface area contributed by atoms with Gasteiger partial charge < -0.3 is 9.30 Å². The van der Waals surface area contributed by atoms with E-state index in [1.807, 2.05) is 19.2 Å². The highest BCUT2D eigenvalue weighted by Gasteiger charge is 2.03. The summed E-state index contributed by atoms with van der Waals surface area (Å²) < 4.78 is 8.32. The summed E-state index contributed by atoms with van der Waals surface area (Å²) in [7, 11) is 3.71. The van der Waals surface area contributed by atoms with Crippen molar-refractivity contribution < 1.29 is 4.74 Å². The molecule has 3 heteroatoms. The van der Waals surface area contributed by atoms with Crippen molar-refractivity contribution in [3.05, 3.63) is 28.9 Å². The van der Waals surface area contributed by atoms with Crippen molar-refractivity contribution in [2.45, 2.75) is 0 Å². The number of rotatable bonds is 1. The molecule has 0 saturated heterocycles. The minimum Gasteiger partial charge on any atom is -0.497 e. The lowest BCUT2D eigenvalue weighted by molar-refractivity contribution is 0.415. The van der Waals surface area contributed by atoms with E-state index < -0.39 is 0 Å². The zero-order valence-corrected chi connectivity index (χ0v) is 9.13. The largest absolute Gasteiger partial charge is 0.497 e. The predicted molar refractivity (Wildman–Crippen MR) is 57.2 cm³/mol. The maximum Gasteiger partial charge on any atom is 0.119 e. The first-order chi connectivity index (χ1) is 6.22. The predicted octanol–water partition coefficient (Wildman–Crippen LogP) is 2.95. The second kappa shape index (κ2) is 3.07. The fraction of sp³-hybridized carbons (Fsp3) is 0.200. The summed E-state index contributed by atoms with van der Waals surface area (Å²) in [5.74, 6) is 0.894. The van der Waals surface area contributed by atoms with E-state index in [4.69, 9.17) is 4.74 Å². The van der Waals surface area contributed by atoms with Crippen LogP contribution in [-0.4, -0.2) is 11.7 Å². The van der Waals surface area contributed by atoms with E-state index in [1.165, 1.54) is 10.9 Å². The number of hydrogen-bond acceptors (Lipinski definition) is 1. The molecule has 1 aromatic carbocycles. The van der Waals surface area contributed by atoms with E-state index in [1.54, 1.807) is 7.11 Å². The molecule has 0 amide bonds. The van der Waals surface area contributed by atoms with Gasteiger partial charge in [0.25, 0.3) is 0 Å². The van der Waals surface area contributed by atoms with Crippen LogP contribution in [0.4, 0.5) is 0 Å². The van der Waals surface area contributed by atoms with Crippen molar-refractivity contribution in [3.8, 4) is 5.75 Å². The number of ether oxygens (including phenoxy) is 1. The third-order valence-corrected chi connectivity index (χ3v) is 2.95. The Hall–Kier alpha value is -0.960. The highest BCUT2D eigenvalue weighted by atomic mass is 79.9. The first-order valence-electron chi connectivity index (χ1n) is 4.01. The molecule has 2 aromatic rings. The van der Waals surface area contributed by atoms with Crippen molar-refractivity contribution in [2.24, 2.45) is 7.05 Å². The van der Waals surface area contributed by atoms with Gasteiger partial charge in [0.1, 0.15) is 5.75 Å². The molecular formula is C10H10BrNO. The molecule has 0 radical (unpaired) electrons. The number of halogens is 1. The Balaban J connectivity index is 2.73. The summed E-state index contributed by atoms with van der Waals surface area (Å²) in [5.41, 5.74) is 1.20. The van der Waals surface area contributed by atoms with Crippen molar-refractivity contribution in [1.82, 2.24) is 4.57 Å². The molecule has 0 saturated carbocycles. The molecule has 0 fully saturated rings. The molecule has 1 heterocycles. The second-order valence-corrected chi connectivity index (χ2v) is 3.76. The van der Waals surface area contributed by atoms with E-state index in [0.29, 0.717) is 0 Å². The van der Waals surface area contributed by atoms with Gasteiger partial charge in [-0.15, -0.1) is 0 Å². The summed E-state index contributed by atoms with van der Waals surface area (Å²) in [6, 6.07) is 8.13. The van der Waals surface area contributed by atoms with Crippen LogP contribution in [0.3, 0.4) is 0 Å². The van der Waals surface area contributed by atoms with Crippen LogP contribution in [0.15, 0.2) is 28.9 Å². The van der Waals surface area contributed by atoms with Crippen LogP contribution in [0.2, 0.25) is 0 Å². The minimum absolute atomic E-state index is 0.894. The van der Waals surface area contributed by atoms with Crippen LogP contribution < -0.4 is 4.74 Å². The Morgan fingerprint density at radius 1 is 1.31 bits per heavy atom. The molecule has 0 aliphatic carbocycles. The van der Waals surface area contributed by atoms with Crippen LogP contribution in [0.1, 0.15) is 0 Å². The van der Waals surface area contributed by atoms with Gasteiger partial charge >= 0.3 is 0 Å². The molecule has 0 atom stereocenters. The molecule has 0 aliphatic rings. The van der Waals surface area contributed by atoms with Gasteiger partial charge in [-0.1, -0.05) is 0 Å². The molecule has 0 aliphatic heterocycles. The lowest BCUT2D eigenvalue weighted by atomic mass is 10.2. The number of fused-ring (bicyclic) bond motifs is 1. The zero-order valence-electron chi connectivity index (χ0n) is 7.54. The highest BCUT2D eigenvalue weighted by molar-refractivity contribution is 9.10. The Bertz CT molecular complexity index is 447. The lowest BCUT2D eigenvalue weighted by Gasteiger charge is -2.00. The van der Waals surface area contributed by atoms with Crippen LogP contribution >= 0.6 is 15.9 Å². The molecule has 68 valence electrons. The summed E-state index contributed by atoms with van der Waals surface area (Å²) >= 11 is 3.48. The smallest absolute Gasteiger partial charge is 0.119 e. The van der Waals surface area contributed by atoms with Crippen molar-refractivity contribution in [2.75, 3.05) is 7.11 Å². The van der Waals surface area contributed by atoms with E-state index in [-0.39, 0.29) is 0 Å². The average molecular weight is 240 g/mol. The van der Waals surface area contributed by atoms with E-state index in [2.05, 4.69) is 32.6 Å². The number of methoxy groups -OCH3 is 1. The Morgan fingerprint density at radius 2 is 2.08 bits per heavy atom. The van der Waals surface area contributed by atoms with Gasteiger partial charge in [0.05, 0.1) is 11.7 Å². The third-order valence-electron chi connectivity index (χ3n) is 2.19. The van der Waals surface area contributed by atoms with Crippen LogP contribution in [0.25, 0.3) is 10.9 Å². The maximum atomic E-state index is 5.15. The number of aromatic nitrogens is 1. The SMILES string of the molecule is COc1ccc2c(c1)cc(Br)n2C. The van der Waals surface area contributed by atoms with E-state index in [9.17, 15) is 0 Å². The van der Waals surface area contributed by atoms with Gasteiger partial charge in [0.2, 0.25) is 0 Å². The van der Waals surface area contributed by atoms with Crippen molar-refractivity contribution >= 4 is 26.8 Å². The number of aryl methyl sites for hydroxylation is 1. The van der Waals surface area contributed by atoms with Crippen molar-refractivity contribution in [3.63, 3.8) is 0 Å². The van der Waals surface area contributed by atoms with Crippen LogP contribution in [0, 0.1) is 0 Å². The van der Waals surface area contributed by atoms with Gasteiger partial charge in [-0.2, -0.15) is 0 Å². The van der Waals surface area contributed by atoms with Gasteiger partial charge in [-0.3, -0.25) is 0 Å². The van der Waals surface area contributed by atoms with Gasteiger partial charge in [0, 0.05) is 18.0 Å². The molecule has 13 heavy (non-hydrogen) atoms. The molecular weight excluding hydrogens is 230 g/mol. The molecule has 1 aromatic heterocycles. The summed E-state index contributed by atoms with van der Waals surface area (Å²) in [5, 5.41) is 1.19. The minimum atomic E-state index is 0.894. The molecule has 0 unspecified atom stereocenters. The number of hydrogen-bond donors (Lipinski definition) is 0. The number of nitrogens with zero attached hydrogens (tertiary/aromatic N) is 1. The molecule has 0 bridgehead atoms. The first kappa shape index (κ1) is 8.63. The first-order valence-corrected chi connectivity index (χ1v) is 4.80. The van der Waals surface area contributed by atoms with Gasteiger partial charge in [-0.25, -0.2) is 0 Å². The Kier molecular flexibility index (Phi) is 2.04. The maximum absolute atomic E-state index is 5.15. The Morgan fingerprint density at radius 3 is 2.77 bits per heavy atom. The average Bonchev–Trinajstić information content (AvgIpc) is 2.42. The lowest BCUT2D eigenvalue weighted by Crippen LogP contribution is -1.86. The van der Waals surface area contributed by atoms with Gasteiger partial charge in [0.15, 0.2) is 0 Å². The molecule has 2 nitrogen and oxygen atoms in total. The Labute approximate surface area is 85.2 Å². The van der Waals surface area contributed by atoms with Crippen LogP contribution in [-0.2, 0) is 7.05 Å². The molecule has 0 N–H and O–H groups in total. The fourth-order valence-electron chi connectivity index (χ4n) is 1.42. The summed E-state index contributed by atoms with van der Waals surface area (Å²) in [6.07, 6.45) is 0. The second-order valence-electron chi connectivity index (χ2n) is 2.95. The molecule has 0 spiro atoms. The molecule has 2 rings (SSSR count). The quantitative estimate of drug-likeness (QED) is 0.747. The topological polar surface area (TPSA) is 14.2 Å². The van der Waals surface area contributed by atoms with E-state index in [0.717, 1.165) is 10.4 Å². The standard InChI is InChI=1S/C10H10BrNO/c1-12-9-4-3-8(13-2)5-7(9)6-10(12)11/h3-6H,1-2H3. The zero-order chi connectivity index (χ0) is 9.42. The monoisotopic (exact) mass is 239 g/mol. The summed E-state index contributed by atoms with van der Waals surface area (Å²) in [6.45, 7) is 0. The van der Waals surface area contributed by atoms with Crippen LogP contribution in [0.5, 0.6) is 5.75 Å². The normalized spacial score (nSPS) is 10.7. The third kappa shape index (κ3) is 1.33. The van der Waals surface area contributed by atoms with Gasteiger partial charge in [-0.05, 0) is 40.2 Å². The highest BCUT2D eigenvalue weighted by Crippen LogP contribution is 2.26. The summed E-state index contributed by atoms with van der Waals surface area (Å²) in [4.78, 5) is 0. The van der Waals surface area contributed by atoms with E-state index >= 15 is 0 Å². The fourth-order valence-corrected chi connectivity index (χ4v) is 1.86. The van der Waals surface area contributed by atoms with Crippen molar-refractivity contribution in [1.29, 1.82) is 0 Å².